The first kappa shape index (κ1) is 74.6. The van der Waals surface area contributed by atoms with Gasteiger partial charge in [-0.25, -0.2) is 0 Å². The first-order valence-electron chi connectivity index (χ1n) is 33.4. The Morgan fingerprint density at radius 2 is 0.823 bits per heavy atom. The highest BCUT2D eigenvalue weighted by molar-refractivity contribution is 5.76. The minimum absolute atomic E-state index is 0.00189. The van der Waals surface area contributed by atoms with Gasteiger partial charge < -0.3 is 45.1 Å². The van der Waals surface area contributed by atoms with Gasteiger partial charge in [0.2, 0.25) is 5.91 Å². The Balaban J connectivity index is 1.94. The van der Waals surface area contributed by atoms with E-state index in [-0.39, 0.29) is 18.5 Å². The summed E-state index contributed by atoms with van der Waals surface area (Å²) in [5.41, 5.74) is 0. The third kappa shape index (κ3) is 46.8. The number of nitrogens with one attached hydrogen (secondary N) is 1. The van der Waals surface area contributed by atoms with Crippen molar-refractivity contribution in [2.24, 2.45) is 0 Å². The molecular weight excluding hydrogens is 991 g/mol. The summed E-state index contributed by atoms with van der Waals surface area (Å²) in [4.78, 5) is 25.0. The molecule has 0 aromatic rings. The van der Waals surface area contributed by atoms with Gasteiger partial charge >= 0.3 is 5.97 Å². The number of hydrogen-bond donors (Lipinski definition) is 6. The van der Waals surface area contributed by atoms with Crippen LogP contribution in [0.4, 0.5) is 0 Å². The number of amides is 1. The van der Waals surface area contributed by atoms with E-state index in [1.54, 1.807) is 6.08 Å². The lowest BCUT2D eigenvalue weighted by atomic mass is 9.99. The Bertz CT molecular complexity index is 1450. The standard InChI is InChI=1S/C68H125NO10/c1-3-5-7-9-11-13-14-36-40-44-48-52-56-64(73)77-57-53-49-45-41-37-34-32-30-28-26-24-22-20-18-16-15-17-19-21-23-25-27-29-31-33-35-39-43-47-51-55-63(72)69-60(61(71)54-50-46-42-38-12-10-8-6-4-2)59-78-68-67(76)66(75)65(74)62(58-70)79-68/h11-13,16,18,38,50,54,60-62,65-68,70-71,74-76H,3-10,14-15,17,19-37,39-49,51-53,55-59H2,1-2H3,(H,69,72)/b13-11-,18-16-,38-12+,54-50+. The quantitative estimate of drug-likeness (QED) is 0.0195. The fraction of sp³-hybridized carbons (Fsp3) is 0.853. The Hall–Kier alpha value is -2.38. The first-order chi connectivity index (χ1) is 38.7. The summed E-state index contributed by atoms with van der Waals surface area (Å²) in [5.74, 6) is -0.195. The zero-order valence-electron chi connectivity index (χ0n) is 51.1. The van der Waals surface area contributed by atoms with Gasteiger partial charge in [-0.2, -0.15) is 0 Å². The molecule has 1 rings (SSSR count). The van der Waals surface area contributed by atoms with Gasteiger partial charge in [0.25, 0.3) is 0 Å². The van der Waals surface area contributed by atoms with Crippen molar-refractivity contribution in [2.45, 2.75) is 352 Å². The molecular formula is C68H125NO10. The number of esters is 1. The number of ether oxygens (including phenoxy) is 3. The number of rotatable bonds is 58. The van der Waals surface area contributed by atoms with Gasteiger partial charge in [-0.05, 0) is 96.3 Å². The second-order valence-electron chi connectivity index (χ2n) is 23.2. The topological polar surface area (TPSA) is 175 Å². The molecule has 0 aromatic carbocycles. The van der Waals surface area contributed by atoms with E-state index in [1.165, 1.54) is 225 Å². The minimum atomic E-state index is -1.58. The van der Waals surface area contributed by atoms with Gasteiger partial charge in [-0.1, -0.05) is 249 Å². The third-order valence-corrected chi connectivity index (χ3v) is 15.6. The van der Waals surface area contributed by atoms with Gasteiger partial charge in [-0.15, -0.1) is 0 Å². The van der Waals surface area contributed by atoms with Gasteiger partial charge in [0.1, 0.15) is 24.4 Å². The van der Waals surface area contributed by atoms with E-state index >= 15 is 0 Å². The highest BCUT2D eigenvalue weighted by Gasteiger charge is 2.44. The average molecular weight is 1120 g/mol. The molecule has 7 atom stereocenters. The summed E-state index contributed by atoms with van der Waals surface area (Å²) < 4.78 is 16.7. The minimum Gasteiger partial charge on any atom is -0.466 e. The smallest absolute Gasteiger partial charge is 0.305 e. The molecule has 11 heteroatoms. The van der Waals surface area contributed by atoms with Crippen LogP contribution in [0.15, 0.2) is 48.6 Å². The summed E-state index contributed by atoms with van der Waals surface area (Å²) in [6, 6.07) is -0.825. The predicted molar refractivity (Wildman–Crippen MR) is 329 cm³/mol. The monoisotopic (exact) mass is 1120 g/mol. The predicted octanol–water partition coefficient (Wildman–Crippen LogP) is 16.4. The number of hydrogen-bond acceptors (Lipinski definition) is 10. The zero-order valence-corrected chi connectivity index (χ0v) is 51.1. The van der Waals surface area contributed by atoms with E-state index in [1.807, 2.05) is 6.08 Å². The fourth-order valence-electron chi connectivity index (χ4n) is 10.3. The number of unbranched alkanes of at least 4 members (excludes halogenated alkanes) is 38. The van der Waals surface area contributed by atoms with E-state index in [9.17, 15) is 35.1 Å². The molecule has 7 unspecified atom stereocenters. The summed E-state index contributed by atoms with van der Waals surface area (Å²) in [5, 5.41) is 54.2. The van der Waals surface area contributed by atoms with Crippen molar-refractivity contribution in [3.63, 3.8) is 0 Å². The third-order valence-electron chi connectivity index (χ3n) is 15.6. The molecule has 79 heavy (non-hydrogen) atoms. The maximum atomic E-state index is 13.0. The van der Waals surface area contributed by atoms with Crippen LogP contribution in [0.25, 0.3) is 0 Å². The van der Waals surface area contributed by atoms with Crippen LogP contribution < -0.4 is 5.32 Å². The van der Waals surface area contributed by atoms with E-state index < -0.39 is 49.5 Å². The molecule has 0 bridgehead atoms. The highest BCUT2D eigenvalue weighted by atomic mass is 16.7. The van der Waals surface area contributed by atoms with Crippen molar-refractivity contribution in [1.29, 1.82) is 0 Å². The molecule has 1 amide bonds. The Labute approximate surface area is 485 Å². The van der Waals surface area contributed by atoms with Crippen LogP contribution >= 0.6 is 0 Å². The van der Waals surface area contributed by atoms with Gasteiger partial charge in [0.05, 0.1) is 32.0 Å². The number of carbonyl (C=O) groups is 2. The Morgan fingerprint density at radius 1 is 0.456 bits per heavy atom. The number of carbonyl (C=O) groups excluding carboxylic acids is 2. The molecule has 11 nitrogen and oxygen atoms in total. The van der Waals surface area contributed by atoms with Crippen molar-refractivity contribution in [3.05, 3.63) is 48.6 Å². The van der Waals surface area contributed by atoms with E-state index in [0.29, 0.717) is 19.4 Å². The fourth-order valence-corrected chi connectivity index (χ4v) is 10.3. The normalized spacial score (nSPS) is 18.7. The summed E-state index contributed by atoms with van der Waals surface area (Å²) in [6.07, 6.45) is 64.0. The molecule has 0 aromatic heterocycles. The summed E-state index contributed by atoms with van der Waals surface area (Å²) >= 11 is 0. The lowest BCUT2D eigenvalue weighted by Crippen LogP contribution is -2.60. The second-order valence-corrected chi connectivity index (χ2v) is 23.2. The molecule has 6 N–H and O–H groups in total. The van der Waals surface area contributed by atoms with Gasteiger partial charge in [0.15, 0.2) is 6.29 Å². The highest BCUT2D eigenvalue weighted by Crippen LogP contribution is 2.23. The maximum Gasteiger partial charge on any atom is 0.305 e. The average Bonchev–Trinajstić information content (AvgIpc) is 3.48. The number of allylic oxidation sites excluding steroid dienone is 7. The van der Waals surface area contributed by atoms with Crippen LogP contribution in [0, 0.1) is 0 Å². The van der Waals surface area contributed by atoms with Crippen LogP contribution in [0.5, 0.6) is 0 Å². The molecule has 1 heterocycles. The SMILES string of the molecule is CCCCC/C=C\CCCCCCCC(=O)OCCCCCCCCCCCCCC/C=C\CCCCCCCCCCCCCCCCC(=O)NC(COC1OC(CO)C(O)C(O)C1O)C(O)/C=C/CC/C=C/CCCCC. The van der Waals surface area contributed by atoms with Crippen molar-refractivity contribution in [2.75, 3.05) is 19.8 Å². The van der Waals surface area contributed by atoms with Crippen LogP contribution in [0.3, 0.4) is 0 Å². The van der Waals surface area contributed by atoms with Gasteiger partial charge in [-0.3, -0.25) is 9.59 Å². The second kappa shape index (κ2) is 57.4. The number of aliphatic hydroxyl groups is 5. The molecule has 1 saturated heterocycles. The largest absolute Gasteiger partial charge is 0.466 e. The maximum absolute atomic E-state index is 13.0. The van der Waals surface area contributed by atoms with E-state index in [0.717, 1.165) is 57.8 Å². The zero-order chi connectivity index (χ0) is 57.3. The Morgan fingerprint density at radius 3 is 1.25 bits per heavy atom. The lowest BCUT2D eigenvalue weighted by molar-refractivity contribution is -0.302. The first-order valence-corrected chi connectivity index (χ1v) is 33.4. The molecule has 1 fully saturated rings. The molecule has 1 aliphatic heterocycles. The van der Waals surface area contributed by atoms with Crippen molar-refractivity contribution in [3.8, 4) is 0 Å². The van der Waals surface area contributed by atoms with Crippen molar-refractivity contribution < 1.29 is 49.3 Å². The number of aliphatic hydroxyl groups excluding tert-OH is 5. The van der Waals surface area contributed by atoms with Gasteiger partial charge in [0, 0.05) is 12.8 Å². The van der Waals surface area contributed by atoms with E-state index in [4.69, 9.17) is 14.2 Å². The van der Waals surface area contributed by atoms with Crippen molar-refractivity contribution in [1.82, 2.24) is 5.32 Å². The van der Waals surface area contributed by atoms with Crippen LogP contribution in [-0.4, -0.2) is 100 Å². The molecule has 0 spiro atoms. The van der Waals surface area contributed by atoms with Crippen molar-refractivity contribution >= 4 is 11.9 Å². The van der Waals surface area contributed by atoms with E-state index in [2.05, 4.69) is 55.6 Å². The summed E-state index contributed by atoms with van der Waals surface area (Å²) in [6.45, 7) is 4.27. The molecule has 0 radical (unpaired) electrons. The van der Waals surface area contributed by atoms with Crippen LogP contribution in [-0.2, 0) is 23.8 Å². The molecule has 0 saturated carbocycles. The molecule has 462 valence electrons. The van der Waals surface area contributed by atoms with Crippen LogP contribution in [0.2, 0.25) is 0 Å². The van der Waals surface area contributed by atoms with Crippen LogP contribution in [0.1, 0.15) is 309 Å². The summed E-state index contributed by atoms with van der Waals surface area (Å²) in [7, 11) is 0. The Kier molecular flexibility index (Phi) is 54.3. The molecule has 1 aliphatic rings. The molecule has 0 aliphatic carbocycles. The lowest BCUT2D eigenvalue weighted by Gasteiger charge is -2.40.